The Bertz CT molecular complexity index is 924. The summed E-state index contributed by atoms with van der Waals surface area (Å²) in [5, 5.41) is 20.9. The van der Waals surface area contributed by atoms with Gasteiger partial charge in [0.2, 0.25) is 5.91 Å². The zero-order valence-electron chi connectivity index (χ0n) is 13.4. The molecule has 3 rings (SSSR count). The van der Waals surface area contributed by atoms with Gasteiger partial charge in [-0.2, -0.15) is 15.5 Å². The van der Waals surface area contributed by atoms with E-state index in [4.69, 9.17) is 11.6 Å². The first-order valence-electron chi connectivity index (χ1n) is 7.61. The molecule has 7 nitrogen and oxygen atoms in total. The standard InChI is InChI=1S/C17H15ClN6O/c1-12(10-23-11-14(18)9-20-23)17(25)22-16-13(7-19)8-21-24(16)15-5-3-2-4-6-15/h2-6,8-9,11-12H,10H2,1H3,(H,22,25). The second kappa shape index (κ2) is 7.20. The van der Waals surface area contributed by atoms with E-state index in [0.717, 1.165) is 5.69 Å². The van der Waals surface area contributed by atoms with Crippen LogP contribution in [0, 0.1) is 17.2 Å². The first-order chi connectivity index (χ1) is 12.1. The molecule has 0 radical (unpaired) electrons. The third-order valence-electron chi connectivity index (χ3n) is 3.64. The molecule has 0 aliphatic carbocycles. The molecule has 1 amide bonds. The van der Waals surface area contributed by atoms with Crippen LogP contribution in [0.4, 0.5) is 5.82 Å². The number of rotatable bonds is 5. The van der Waals surface area contributed by atoms with E-state index in [9.17, 15) is 10.1 Å². The lowest BCUT2D eigenvalue weighted by Gasteiger charge is -2.14. The third kappa shape index (κ3) is 3.70. The Morgan fingerprint density at radius 3 is 2.72 bits per heavy atom. The third-order valence-corrected chi connectivity index (χ3v) is 3.84. The van der Waals surface area contributed by atoms with Crippen molar-refractivity contribution in [2.45, 2.75) is 13.5 Å². The number of carbonyl (C=O) groups excluding carboxylic acids is 1. The van der Waals surface area contributed by atoms with Crippen molar-refractivity contribution in [2.75, 3.05) is 5.32 Å². The number of hydrogen-bond acceptors (Lipinski definition) is 4. The predicted molar refractivity (Wildman–Crippen MR) is 93.3 cm³/mol. The molecule has 1 unspecified atom stereocenters. The molecule has 126 valence electrons. The highest BCUT2D eigenvalue weighted by molar-refractivity contribution is 6.30. The largest absolute Gasteiger partial charge is 0.309 e. The van der Waals surface area contributed by atoms with Crippen LogP contribution in [0.2, 0.25) is 5.02 Å². The Hall–Kier alpha value is -3.11. The summed E-state index contributed by atoms with van der Waals surface area (Å²) in [4.78, 5) is 12.5. The van der Waals surface area contributed by atoms with E-state index in [-0.39, 0.29) is 11.8 Å². The van der Waals surface area contributed by atoms with Gasteiger partial charge in [-0.1, -0.05) is 36.7 Å². The van der Waals surface area contributed by atoms with Crippen LogP contribution in [0.1, 0.15) is 12.5 Å². The Morgan fingerprint density at radius 1 is 1.32 bits per heavy atom. The summed E-state index contributed by atoms with van der Waals surface area (Å²) in [7, 11) is 0. The van der Waals surface area contributed by atoms with Crippen molar-refractivity contribution in [3.05, 3.63) is 59.5 Å². The first kappa shape index (κ1) is 16.7. The van der Waals surface area contributed by atoms with Crippen LogP contribution in [0.25, 0.3) is 5.69 Å². The highest BCUT2D eigenvalue weighted by atomic mass is 35.5. The summed E-state index contributed by atoms with van der Waals surface area (Å²) in [5.74, 6) is -0.258. The van der Waals surface area contributed by atoms with Crippen LogP contribution >= 0.6 is 11.6 Å². The number of nitrogens with one attached hydrogen (secondary N) is 1. The molecule has 8 heteroatoms. The van der Waals surface area contributed by atoms with Crippen molar-refractivity contribution in [1.29, 1.82) is 5.26 Å². The van der Waals surface area contributed by atoms with Gasteiger partial charge in [0.25, 0.3) is 0 Å². The van der Waals surface area contributed by atoms with Crippen molar-refractivity contribution in [3.8, 4) is 11.8 Å². The van der Waals surface area contributed by atoms with Gasteiger partial charge in [0.05, 0.1) is 35.6 Å². The second-order valence-corrected chi connectivity index (χ2v) is 5.97. The fourth-order valence-corrected chi connectivity index (χ4v) is 2.51. The number of benzene rings is 1. The lowest BCUT2D eigenvalue weighted by Crippen LogP contribution is -2.26. The van der Waals surface area contributed by atoms with Crippen molar-refractivity contribution in [1.82, 2.24) is 19.6 Å². The Labute approximate surface area is 149 Å². The number of halogens is 1. The molecule has 0 saturated carbocycles. The molecule has 1 atom stereocenters. The quantitative estimate of drug-likeness (QED) is 0.763. The van der Waals surface area contributed by atoms with Gasteiger partial charge >= 0.3 is 0 Å². The fourth-order valence-electron chi connectivity index (χ4n) is 2.36. The molecule has 25 heavy (non-hydrogen) atoms. The van der Waals surface area contributed by atoms with Crippen LogP contribution in [-0.4, -0.2) is 25.5 Å². The number of carbonyl (C=O) groups is 1. The molecule has 1 aromatic carbocycles. The lowest BCUT2D eigenvalue weighted by molar-refractivity contribution is -0.119. The van der Waals surface area contributed by atoms with Gasteiger partial charge in [0.15, 0.2) is 5.82 Å². The monoisotopic (exact) mass is 354 g/mol. The van der Waals surface area contributed by atoms with Crippen LogP contribution in [-0.2, 0) is 11.3 Å². The average Bonchev–Trinajstić information content (AvgIpc) is 3.21. The number of aromatic nitrogens is 4. The minimum atomic E-state index is -0.373. The number of amides is 1. The van der Waals surface area contributed by atoms with Gasteiger partial charge in [-0.05, 0) is 12.1 Å². The van der Waals surface area contributed by atoms with Crippen LogP contribution < -0.4 is 5.32 Å². The smallest absolute Gasteiger partial charge is 0.230 e. The maximum absolute atomic E-state index is 12.5. The van der Waals surface area contributed by atoms with E-state index >= 15 is 0 Å². The molecule has 1 N–H and O–H groups in total. The van der Waals surface area contributed by atoms with E-state index in [2.05, 4.69) is 15.5 Å². The van der Waals surface area contributed by atoms with Gasteiger partial charge in [-0.25, -0.2) is 4.68 Å². The van der Waals surface area contributed by atoms with Gasteiger partial charge in [0.1, 0.15) is 11.6 Å². The number of para-hydroxylation sites is 1. The molecule has 2 heterocycles. The lowest BCUT2D eigenvalue weighted by atomic mass is 10.1. The van der Waals surface area contributed by atoms with Crippen molar-refractivity contribution < 1.29 is 4.79 Å². The maximum Gasteiger partial charge on any atom is 0.230 e. The number of nitriles is 1. The highest BCUT2D eigenvalue weighted by Gasteiger charge is 2.19. The Balaban J connectivity index is 1.81. The fraction of sp³-hybridized carbons (Fsp3) is 0.176. The van der Waals surface area contributed by atoms with Crippen molar-refractivity contribution >= 4 is 23.3 Å². The highest BCUT2D eigenvalue weighted by Crippen LogP contribution is 2.20. The van der Waals surface area contributed by atoms with Gasteiger partial charge in [-0.15, -0.1) is 0 Å². The zero-order valence-corrected chi connectivity index (χ0v) is 14.2. The number of nitrogens with zero attached hydrogens (tertiary/aromatic N) is 5. The second-order valence-electron chi connectivity index (χ2n) is 5.54. The van der Waals surface area contributed by atoms with E-state index in [1.54, 1.807) is 17.8 Å². The molecule has 0 aliphatic heterocycles. The van der Waals surface area contributed by atoms with E-state index in [0.29, 0.717) is 22.9 Å². The molecule has 0 saturated heterocycles. The Kier molecular flexibility index (Phi) is 4.82. The molecule has 0 aliphatic rings. The molecule has 3 aromatic rings. The zero-order chi connectivity index (χ0) is 17.8. The van der Waals surface area contributed by atoms with E-state index in [1.165, 1.54) is 17.1 Å². The summed E-state index contributed by atoms with van der Waals surface area (Å²) in [6, 6.07) is 11.3. The summed E-state index contributed by atoms with van der Waals surface area (Å²) in [5.41, 5.74) is 1.05. The van der Waals surface area contributed by atoms with Crippen LogP contribution in [0.15, 0.2) is 48.9 Å². The minimum absolute atomic E-state index is 0.235. The van der Waals surface area contributed by atoms with Gasteiger partial charge in [0, 0.05) is 6.20 Å². The average molecular weight is 355 g/mol. The number of hydrogen-bond donors (Lipinski definition) is 1. The predicted octanol–water partition coefficient (Wildman–Crippen LogP) is 2.87. The molecule has 0 spiro atoms. The summed E-state index contributed by atoms with van der Waals surface area (Å²) in [6.45, 7) is 2.15. The van der Waals surface area contributed by atoms with Crippen molar-refractivity contribution in [2.24, 2.45) is 5.92 Å². The normalized spacial score (nSPS) is 11.7. The molecular formula is C17H15ClN6O. The topological polar surface area (TPSA) is 88.5 Å². The van der Waals surface area contributed by atoms with Crippen molar-refractivity contribution in [3.63, 3.8) is 0 Å². The minimum Gasteiger partial charge on any atom is -0.309 e. The number of anilines is 1. The summed E-state index contributed by atoms with van der Waals surface area (Å²) in [6.07, 6.45) is 4.60. The van der Waals surface area contributed by atoms with Gasteiger partial charge in [-0.3, -0.25) is 9.48 Å². The first-order valence-corrected chi connectivity index (χ1v) is 7.98. The van der Waals surface area contributed by atoms with E-state index in [1.807, 2.05) is 36.4 Å². The van der Waals surface area contributed by atoms with Crippen LogP contribution in [0.3, 0.4) is 0 Å². The molecule has 0 fully saturated rings. The van der Waals surface area contributed by atoms with Crippen LogP contribution in [0.5, 0.6) is 0 Å². The maximum atomic E-state index is 12.5. The SMILES string of the molecule is CC(Cn1cc(Cl)cn1)C(=O)Nc1c(C#N)cnn1-c1ccccc1. The molecule has 2 aromatic heterocycles. The van der Waals surface area contributed by atoms with E-state index < -0.39 is 0 Å². The molecule has 0 bridgehead atoms. The summed E-state index contributed by atoms with van der Waals surface area (Å²) < 4.78 is 3.14. The Morgan fingerprint density at radius 2 is 2.08 bits per heavy atom. The summed E-state index contributed by atoms with van der Waals surface area (Å²) >= 11 is 5.84. The van der Waals surface area contributed by atoms with Gasteiger partial charge < -0.3 is 5.32 Å². The molecular weight excluding hydrogens is 340 g/mol.